The van der Waals surface area contributed by atoms with Crippen LogP contribution in [-0.2, 0) is 9.84 Å². The van der Waals surface area contributed by atoms with Crippen molar-refractivity contribution in [2.24, 2.45) is 0 Å². The zero-order valence-corrected chi connectivity index (χ0v) is 16.1. The highest BCUT2D eigenvalue weighted by molar-refractivity contribution is 7.90. The Hall–Kier alpha value is -1.71. The molecule has 0 radical (unpaired) electrons. The Morgan fingerprint density at radius 2 is 1.85 bits per heavy atom. The van der Waals surface area contributed by atoms with E-state index in [0.717, 1.165) is 32.4 Å². The van der Waals surface area contributed by atoms with Gasteiger partial charge in [0.1, 0.15) is 5.69 Å². The van der Waals surface area contributed by atoms with E-state index >= 15 is 0 Å². The summed E-state index contributed by atoms with van der Waals surface area (Å²) in [5.41, 5.74) is 0.363. The van der Waals surface area contributed by atoms with E-state index in [0.29, 0.717) is 24.8 Å². The average Bonchev–Trinajstić information content (AvgIpc) is 2.60. The number of sulfone groups is 1. The van der Waals surface area contributed by atoms with Crippen LogP contribution in [0.25, 0.3) is 0 Å². The van der Waals surface area contributed by atoms with Crippen LogP contribution in [0.3, 0.4) is 0 Å². The fraction of sp³-hybridized carbons (Fsp3) is 0.647. The second kappa shape index (κ2) is 7.50. The lowest BCUT2D eigenvalue weighted by Crippen LogP contribution is -2.54. The highest BCUT2D eigenvalue weighted by atomic mass is 32.2. The average molecular weight is 382 g/mol. The monoisotopic (exact) mass is 382 g/mol. The third kappa shape index (κ3) is 4.16. The Bertz CT molecular complexity index is 775. The zero-order chi connectivity index (χ0) is 18.9. The lowest BCUT2D eigenvalue weighted by Gasteiger charge is -2.43. The first kappa shape index (κ1) is 19.1. The SMILES string of the molecule is CN1CCCC(N2CCN(c3ccc(S(C)(=O)=O)cc3[N+](=O)[O-])CC2)C1. The summed E-state index contributed by atoms with van der Waals surface area (Å²) in [5.74, 6) is 0. The van der Waals surface area contributed by atoms with Gasteiger partial charge in [0.05, 0.1) is 9.82 Å². The van der Waals surface area contributed by atoms with E-state index in [4.69, 9.17) is 0 Å². The van der Waals surface area contributed by atoms with Gasteiger partial charge in [-0.15, -0.1) is 0 Å². The van der Waals surface area contributed by atoms with E-state index < -0.39 is 14.8 Å². The van der Waals surface area contributed by atoms with E-state index in [2.05, 4.69) is 16.8 Å². The molecule has 0 N–H and O–H groups in total. The number of likely N-dealkylation sites (tertiary alicyclic amines) is 1. The molecule has 2 heterocycles. The third-order valence-electron chi connectivity index (χ3n) is 5.34. The van der Waals surface area contributed by atoms with E-state index in [1.165, 1.54) is 25.0 Å². The van der Waals surface area contributed by atoms with Gasteiger partial charge in [-0.25, -0.2) is 8.42 Å². The molecule has 1 aromatic carbocycles. The first-order valence-electron chi connectivity index (χ1n) is 8.92. The number of hydrogen-bond acceptors (Lipinski definition) is 7. The number of nitro benzene ring substituents is 1. The minimum atomic E-state index is -3.47. The van der Waals surface area contributed by atoms with Gasteiger partial charge in [-0.1, -0.05) is 0 Å². The molecule has 8 nitrogen and oxygen atoms in total. The first-order valence-corrected chi connectivity index (χ1v) is 10.8. The van der Waals surface area contributed by atoms with Crippen LogP contribution in [0, 0.1) is 10.1 Å². The van der Waals surface area contributed by atoms with Crippen molar-refractivity contribution in [1.29, 1.82) is 0 Å². The van der Waals surface area contributed by atoms with Crippen molar-refractivity contribution in [2.75, 3.05) is 57.5 Å². The van der Waals surface area contributed by atoms with E-state index in [1.807, 2.05) is 4.90 Å². The summed E-state index contributed by atoms with van der Waals surface area (Å²) < 4.78 is 23.4. The summed E-state index contributed by atoms with van der Waals surface area (Å²) >= 11 is 0. The minimum Gasteiger partial charge on any atom is -0.363 e. The quantitative estimate of drug-likeness (QED) is 0.571. The number of hydrogen-bond donors (Lipinski definition) is 0. The molecule has 0 aromatic heterocycles. The van der Waals surface area contributed by atoms with E-state index in [1.54, 1.807) is 6.07 Å². The van der Waals surface area contributed by atoms with Crippen molar-refractivity contribution in [1.82, 2.24) is 9.80 Å². The number of nitrogens with zero attached hydrogens (tertiary/aromatic N) is 4. The highest BCUT2D eigenvalue weighted by Gasteiger charge is 2.29. The molecule has 9 heteroatoms. The van der Waals surface area contributed by atoms with E-state index in [9.17, 15) is 18.5 Å². The summed E-state index contributed by atoms with van der Waals surface area (Å²) in [6.45, 7) is 5.37. The van der Waals surface area contributed by atoms with Crippen LogP contribution in [0.2, 0.25) is 0 Å². The number of rotatable bonds is 4. The molecule has 1 unspecified atom stereocenters. The van der Waals surface area contributed by atoms with Crippen molar-refractivity contribution in [2.45, 2.75) is 23.8 Å². The maximum atomic E-state index is 11.7. The molecule has 1 aromatic rings. The summed E-state index contributed by atoms with van der Waals surface area (Å²) in [6, 6.07) is 4.75. The normalized spacial score (nSPS) is 23.2. The Balaban J connectivity index is 1.73. The topological polar surface area (TPSA) is 87.0 Å². The molecule has 144 valence electrons. The summed E-state index contributed by atoms with van der Waals surface area (Å²) in [6.07, 6.45) is 3.47. The van der Waals surface area contributed by atoms with Crippen LogP contribution < -0.4 is 4.90 Å². The number of benzene rings is 1. The molecule has 3 rings (SSSR count). The Kier molecular flexibility index (Phi) is 5.50. The van der Waals surface area contributed by atoms with Crippen molar-refractivity contribution >= 4 is 21.2 Å². The Morgan fingerprint density at radius 3 is 2.42 bits per heavy atom. The van der Waals surface area contributed by atoms with Crippen molar-refractivity contribution in [3.63, 3.8) is 0 Å². The largest absolute Gasteiger partial charge is 0.363 e. The molecule has 0 saturated carbocycles. The molecule has 0 bridgehead atoms. The van der Waals surface area contributed by atoms with Crippen LogP contribution in [-0.4, -0.2) is 81.8 Å². The van der Waals surface area contributed by atoms with Gasteiger partial charge in [0.25, 0.3) is 5.69 Å². The zero-order valence-electron chi connectivity index (χ0n) is 15.3. The van der Waals surface area contributed by atoms with Crippen LogP contribution in [0.4, 0.5) is 11.4 Å². The smallest absolute Gasteiger partial charge is 0.293 e. The van der Waals surface area contributed by atoms with Gasteiger partial charge >= 0.3 is 0 Å². The van der Waals surface area contributed by atoms with Gasteiger partial charge in [-0.2, -0.15) is 0 Å². The van der Waals surface area contributed by atoms with Gasteiger partial charge in [0.2, 0.25) is 0 Å². The Morgan fingerprint density at radius 1 is 1.15 bits per heavy atom. The molecule has 2 aliphatic heterocycles. The van der Waals surface area contributed by atoms with Crippen LogP contribution >= 0.6 is 0 Å². The second-order valence-electron chi connectivity index (χ2n) is 7.26. The number of anilines is 1. The number of likely N-dealkylation sites (N-methyl/N-ethyl adjacent to an activating group) is 1. The van der Waals surface area contributed by atoms with Gasteiger partial charge in [0, 0.05) is 51.1 Å². The summed E-state index contributed by atoms with van der Waals surface area (Å²) in [7, 11) is -1.32. The van der Waals surface area contributed by atoms with Gasteiger partial charge in [0.15, 0.2) is 9.84 Å². The molecule has 1 atom stereocenters. The van der Waals surface area contributed by atoms with Gasteiger partial charge in [-0.05, 0) is 38.6 Å². The molecule has 26 heavy (non-hydrogen) atoms. The predicted molar refractivity (Wildman–Crippen MR) is 101 cm³/mol. The number of piperidine rings is 1. The second-order valence-corrected chi connectivity index (χ2v) is 9.28. The maximum absolute atomic E-state index is 11.7. The van der Waals surface area contributed by atoms with Gasteiger partial charge in [-0.3, -0.25) is 15.0 Å². The predicted octanol–water partition coefficient (Wildman–Crippen LogP) is 1.21. The van der Waals surface area contributed by atoms with E-state index in [-0.39, 0.29) is 10.6 Å². The van der Waals surface area contributed by atoms with Crippen molar-refractivity contribution in [3.05, 3.63) is 28.3 Å². The van der Waals surface area contributed by atoms with Crippen LogP contribution in [0.15, 0.2) is 23.1 Å². The molecule has 0 aliphatic carbocycles. The first-order chi connectivity index (χ1) is 12.3. The molecular formula is C17H26N4O4S. The van der Waals surface area contributed by atoms with Crippen molar-refractivity contribution < 1.29 is 13.3 Å². The molecule has 2 saturated heterocycles. The number of piperazine rings is 1. The molecular weight excluding hydrogens is 356 g/mol. The van der Waals surface area contributed by atoms with Crippen LogP contribution in [0.5, 0.6) is 0 Å². The fourth-order valence-corrected chi connectivity index (χ4v) is 4.55. The number of nitro groups is 1. The summed E-state index contributed by atoms with van der Waals surface area (Å²) in [4.78, 5) is 17.8. The summed E-state index contributed by atoms with van der Waals surface area (Å²) in [5, 5.41) is 11.5. The third-order valence-corrected chi connectivity index (χ3v) is 6.45. The lowest BCUT2D eigenvalue weighted by atomic mass is 10.0. The fourth-order valence-electron chi connectivity index (χ4n) is 3.91. The Labute approximate surface area is 154 Å². The molecule has 2 fully saturated rings. The standard InChI is InChI=1S/C17H26N4O4S/c1-18-7-3-4-14(13-18)19-8-10-20(11-9-19)16-6-5-15(26(2,24)25)12-17(16)21(22)23/h5-6,12,14H,3-4,7-11,13H2,1-2H3. The maximum Gasteiger partial charge on any atom is 0.293 e. The molecule has 0 amide bonds. The van der Waals surface area contributed by atoms with Crippen LogP contribution in [0.1, 0.15) is 12.8 Å². The van der Waals surface area contributed by atoms with Crippen molar-refractivity contribution in [3.8, 4) is 0 Å². The minimum absolute atomic E-state index is 0.0168. The highest BCUT2D eigenvalue weighted by Crippen LogP contribution is 2.32. The molecule has 2 aliphatic rings. The lowest BCUT2D eigenvalue weighted by molar-refractivity contribution is -0.384. The molecule has 0 spiro atoms. The van der Waals surface area contributed by atoms with Gasteiger partial charge < -0.3 is 9.80 Å².